The van der Waals surface area contributed by atoms with E-state index in [4.69, 9.17) is 0 Å². The minimum absolute atomic E-state index is 0.0922. The number of hydrogen-bond donors (Lipinski definition) is 1. The largest absolute Gasteiger partial charge is 0.481 e. The highest BCUT2D eigenvalue weighted by atomic mass is 32.2. The minimum atomic E-state index is -3.53. The summed E-state index contributed by atoms with van der Waals surface area (Å²) >= 11 is 0. The van der Waals surface area contributed by atoms with E-state index in [1.165, 1.54) is 8.61 Å². The summed E-state index contributed by atoms with van der Waals surface area (Å²) in [6, 6.07) is 0. The molecule has 1 saturated heterocycles. The Hall–Kier alpha value is -0.660. The predicted octanol–water partition coefficient (Wildman–Crippen LogP) is 1.54. The Morgan fingerprint density at radius 1 is 1.35 bits per heavy atom. The molecule has 0 amide bonds. The average molecular weight is 306 g/mol. The van der Waals surface area contributed by atoms with E-state index >= 15 is 0 Å². The number of carboxylic acids is 1. The van der Waals surface area contributed by atoms with Crippen molar-refractivity contribution in [1.29, 1.82) is 0 Å². The first-order valence-corrected chi connectivity index (χ1v) is 8.64. The van der Waals surface area contributed by atoms with Crippen molar-refractivity contribution < 1.29 is 18.3 Å². The van der Waals surface area contributed by atoms with Gasteiger partial charge in [-0.05, 0) is 19.3 Å². The van der Waals surface area contributed by atoms with Gasteiger partial charge in [0.05, 0.1) is 5.41 Å². The lowest BCUT2D eigenvalue weighted by atomic mass is 9.83. The molecular weight excluding hydrogens is 280 g/mol. The number of carboxylic acid groups (broad SMARTS) is 1. The molecule has 6 nitrogen and oxygen atoms in total. The quantitative estimate of drug-likeness (QED) is 0.738. The number of rotatable bonds is 8. The first kappa shape index (κ1) is 17.4. The topological polar surface area (TPSA) is 77.9 Å². The van der Waals surface area contributed by atoms with Gasteiger partial charge in [0.15, 0.2) is 0 Å². The Morgan fingerprint density at radius 3 is 2.50 bits per heavy atom. The zero-order chi connectivity index (χ0) is 15.4. The second-order valence-electron chi connectivity index (χ2n) is 5.60. The molecule has 0 aromatic rings. The summed E-state index contributed by atoms with van der Waals surface area (Å²) < 4.78 is 27.5. The van der Waals surface area contributed by atoms with Crippen LogP contribution in [0.4, 0.5) is 0 Å². The summed E-state index contributed by atoms with van der Waals surface area (Å²) in [7, 11) is -1.97. The summed E-state index contributed by atoms with van der Waals surface area (Å²) in [5, 5.41) is 9.42. The van der Waals surface area contributed by atoms with Gasteiger partial charge in [-0.3, -0.25) is 4.79 Å². The van der Waals surface area contributed by atoms with Crippen LogP contribution in [0.25, 0.3) is 0 Å². The lowest BCUT2D eigenvalue weighted by Gasteiger charge is -2.27. The van der Waals surface area contributed by atoms with Crippen molar-refractivity contribution in [2.45, 2.75) is 46.0 Å². The van der Waals surface area contributed by atoms with Crippen molar-refractivity contribution >= 4 is 16.2 Å². The number of hydrogen-bond acceptors (Lipinski definition) is 3. The normalized spacial score (nSPS) is 24.4. The highest BCUT2D eigenvalue weighted by Gasteiger charge is 2.48. The van der Waals surface area contributed by atoms with Crippen molar-refractivity contribution in [2.75, 3.05) is 26.7 Å². The van der Waals surface area contributed by atoms with Crippen LogP contribution in [0.1, 0.15) is 46.0 Å². The molecule has 1 atom stereocenters. The maximum atomic E-state index is 12.4. The van der Waals surface area contributed by atoms with Crippen LogP contribution in [-0.2, 0) is 15.0 Å². The van der Waals surface area contributed by atoms with Crippen LogP contribution in [0.15, 0.2) is 0 Å². The molecule has 1 rings (SSSR count). The van der Waals surface area contributed by atoms with Crippen LogP contribution < -0.4 is 0 Å². The van der Waals surface area contributed by atoms with E-state index in [9.17, 15) is 18.3 Å². The summed E-state index contributed by atoms with van der Waals surface area (Å²) in [4.78, 5) is 11.5. The highest BCUT2D eigenvalue weighted by molar-refractivity contribution is 7.86. The molecule has 7 heteroatoms. The van der Waals surface area contributed by atoms with Gasteiger partial charge in [-0.2, -0.15) is 17.0 Å². The summed E-state index contributed by atoms with van der Waals surface area (Å²) in [5.74, 6) is -0.881. The molecule has 118 valence electrons. The molecule has 1 unspecified atom stereocenters. The van der Waals surface area contributed by atoms with E-state index in [0.29, 0.717) is 25.9 Å². The molecule has 0 spiro atoms. The molecule has 1 aliphatic rings. The molecule has 0 aromatic heterocycles. The predicted molar refractivity (Wildman–Crippen MR) is 77.6 cm³/mol. The molecule has 0 radical (unpaired) electrons. The van der Waals surface area contributed by atoms with Gasteiger partial charge >= 0.3 is 5.97 Å². The van der Waals surface area contributed by atoms with Crippen LogP contribution >= 0.6 is 0 Å². The minimum Gasteiger partial charge on any atom is -0.481 e. The molecule has 0 bridgehead atoms. The Morgan fingerprint density at radius 2 is 2.00 bits per heavy atom. The Labute approximate surface area is 121 Å². The van der Waals surface area contributed by atoms with Gasteiger partial charge in [0, 0.05) is 26.7 Å². The average Bonchev–Trinajstić information content (AvgIpc) is 2.82. The second kappa shape index (κ2) is 6.87. The number of carbonyl (C=O) groups is 1. The van der Waals surface area contributed by atoms with E-state index < -0.39 is 21.6 Å². The van der Waals surface area contributed by atoms with Gasteiger partial charge < -0.3 is 5.11 Å². The van der Waals surface area contributed by atoms with Gasteiger partial charge in [-0.1, -0.05) is 26.7 Å². The fourth-order valence-corrected chi connectivity index (χ4v) is 4.18. The van der Waals surface area contributed by atoms with Gasteiger partial charge in [0.1, 0.15) is 0 Å². The lowest BCUT2D eigenvalue weighted by Crippen LogP contribution is -2.43. The third-order valence-electron chi connectivity index (χ3n) is 4.05. The fraction of sp³-hybridized carbons (Fsp3) is 0.923. The summed E-state index contributed by atoms with van der Waals surface area (Å²) in [6.45, 7) is 4.80. The number of nitrogens with zero attached hydrogens (tertiary/aromatic N) is 2. The van der Waals surface area contributed by atoms with Gasteiger partial charge in [0.25, 0.3) is 10.2 Å². The fourth-order valence-electron chi connectivity index (χ4n) is 2.69. The first-order valence-electron chi connectivity index (χ1n) is 7.25. The van der Waals surface area contributed by atoms with E-state index in [1.54, 1.807) is 7.05 Å². The van der Waals surface area contributed by atoms with Crippen LogP contribution in [0, 0.1) is 5.41 Å². The summed E-state index contributed by atoms with van der Waals surface area (Å²) in [5.41, 5.74) is -0.909. The molecule has 0 saturated carbocycles. The molecular formula is C13H26N2O4S. The zero-order valence-corrected chi connectivity index (χ0v) is 13.4. The second-order valence-corrected chi connectivity index (χ2v) is 7.64. The molecule has 0 aromatic carbocycles. The van der Waals surface area contributed by atoms with Gasteiger partial charge in [-0.15, -0.1) is 0 Å². The van der Waals surface area contributed by atoms with Gasteiger partial charge in [-0.25, -0.2) is 0 Å². The molecule has 1 N–H and O–H groups in total. The van der Waals surface area contributed by atoms with Crippen LogP contribution in [-0.4, -0.2) is 54.8 Å². The molecule has 1 fully saturated rings. The lowest BCUT2D eigenvalue weighted by molar-refractivity contribution is -0.148. The van der Waals surface area contributed by atoms with E-state index in [2.05, 4.69) is 0 Å². The Kier molecular flexibility index (Phi) is 5.97. The zero-order valence-electron chi connectivity index (χ0n) is 12.6. The van der Waals surface area contributed by atoms with E-state index in [1.807, 2.05) is 13.8 Å². The van der Waals surface area contributed by atoms with E-state index in [-0.39, 0.29) is 6.54 Å². The molecule has 20 heavy (non-hydrogen) atoms. The highest BCUT2D eigenvalue weighted by Crippen LogP contribution is 2.37. The molecule has 1 aliphatic heterocycles. The van der Waals surface area contributed by atoms with Crippen LogP contribution in [0.5, 0.6) is 0 Å². The van der Waals surface area contributed by atoms with Crippen LogP contribution in [0.3, 0.4) is 0 Å². The van der Waals surface area contributed by atoms with Crippen molar-refractivity contribution in [3.63, 3.8) is 0 Å². The smallest absolute Gasteiger partial charge is 0.311 e. The van der Waals surface area contributed by atoms with Gasteiger partial charge in [0.2, 0.25) is 0 Å². The number of aliphatic carboxylic acids is 1. The third-order valence-corrected chi connectivity index (χ3v) is 5.98. The van der Waals surface area contributed by atoms with Crippen LogP contribution in [0.2, 0.25) is 0 Å². The van der Waals surface area contributed by atoms with Crippen molar-refractivity contribution in [3.05, 3.63) is 0 Å². The number of unbranched alkanes of at least 4 members (excludes halogenated alkanes) is 1. The SMILES string of the molecule is CCCCN(C)S(=O)(=O)N1CCC(CCC)(C(=O)O)C1. The molecule has 1 heterocycles. The first-order chi connectivity index (χ1) is 9.30. The summed E-state index contributed by atoms with van der Waals surface area (Å²) in [6.07, 6.45) is 3.40. The van der Waals surface area contributed by atoms with Crippen molar-refractivity contribution in [3.8, 4) is 0 Å². The monoisotopic (exact) mass is 306 g/mol. The van der Waals surface area contributed by atoms with E-state index in [0.717, 1.165) is 19.3 Å². The Bertz CT molecular complexity index is 438. The standard InChI is InChI=1S/C13H26N2O4S/c1-4-6-9-14(3)20(18,19)15-10-8-13(11-15,7-5-2)12(16)17/h4-11H2,1-3H3,(H,16,17). The van der Waals surface area contributed by atoms with Crippen molar-refractivity contribution in [1.82, 2.24) is 8.61 Å². The van der Waals surface area contributed by atoms with Crippen molar-refractivity contribution in [2.24, 2.45) is 5.41 Å². The third kappa shape index (κ3) is 3.51. The Balaban J connectivity index is 2.82. The maximum Gasteiger partial charge on any atom is 0.311 e. The molecule has 0 aliphatic carbocycles. The maximum absolute atomic E-state index is 12.4.